The Balaban J connectivity index is 2.80. The average Bonchev–Trinajstić information content (AvgIpc) is 2.38. The van der Waals surface area contributed by atoms with Crippen LogP contribution in [0, 0.1) is 0 Å². The van der Waals surface area contributed by atoms with E-state index in [4.69, 9.17) is 9.47 Å². The van der Waals surface area contributed by atoms with Gasteiger partial charge in [0.15, 0.2) is 6.10 Å². The smallest absolute Gasteiger partial charge is 0.347 e. The van der Waals surface area contributed by atoms with Gasteiger partial charge in [0, 0.05) is 5.56 Å². The Morgan fingerprint density at radius 1 is 1.33 bits per heavy atom. The molecule has 0 spiro atoms. The number of aliphatic hydroxyl groups is 1. The predicted octanol–water partition coefficient (Wildman–Crippen LogP) is 2.46. The molecule has 0 radical (unpaired) electrons. The lowest BCUT2D eigenvalue weighted by molar-refractivity contribution is -0.150. The fourth-order valence-electron chi connectivity index (χ4n) is 1.58. The Bertz CT molecular complexity index is 389. The van der Waals surface area contributed by atoms with E-state index in [0.717, 1.165) is 0 Å². The highest BCUT2D eigenvalue weighted by Gasteiger charge is 2.19. The van der Waals surface area contributed by atoms with Gasteiger partial charge < -0.3 is 14.6 Å². The van der Waals surface area contributed by atoms with E-state index >= 15 is 0 Å². The predicted molar refractivity (Wildman–Crippen MR) is 68.4 cm³/mol. The van der Waals surface area contributed by atoms with Crippen molar-refractivity contribution in [3.8, 4) is 5.75 Å². The molecular formula is C14H20O4. The molecule has 0 saturated heterocycles. The van der Waals surface area contributed by atoms with Gasteiger partial charge in [-0.1, -0.05) is 25.1 Å². The normalized spacial score (nSPS) is 13.8. The lowest BCUT2D eigenvalue weighted by Crippen LogP contribution is -2.26. The second kappa shape index (κ2) is 7.01. The number of hydrogen-bond acceptors (Lipinski definition) is 4. The quantitative estimate of drug-likeness (QED) is 0.790. The topological polar surface area (TPSA) is 55.8 Å². The Labute approximate surface area is 108 Å². The van der Waals surface area contributed by atoms with Crippen molar-refractivity contribution in [3.05, 3.63) is 29.8 Å². The van der Waals surface area contributed by atoms with Crippen LogP contribution in [0.25, 0.3) is 0 Å². The maximum Gasteiger partial charge on any atom is 0.347 e. The van der Waals surface area contributed by atoms with E-state index in [9.17, 15) is 9.90 Å². The molecule has 1 aromatic carbocycles. The number of ether oxygens (including phenoxy) is 2. The minimum Gasteiger partial charge on any atom is -0.479 e. The third kappa shape index (κ3) is 3.74. The summed E-state index contributed by atoms with van der Waals surface area (Å²) >= 11 is 0. The van der Waals surface area contributed by atoms with Crippen molar-refractivity contribution in [2.45, 2.75) is 39.4 Å². The summed E-state index contributed by atoms with van der Waals surface area (Å²) in [5, 5.41) is 9.87. The Hall–Kier alpha value is -1.55. The Kier molecular flexibility index (Phi) is 5.65. The zero-order chi connectivity index (χ0) is 13.5. The highest BCUT2D eigenvalue weighted by atomic mass is 16.6. The molecular weight excluding hydrogens is 232 g/mol. The summed E-state index contributed by atoms with van der Waals surface area (Å²) < 4.78 is 10.4. The van der Waals surface area contributed by atoms with Gasteiger partial charge in [0.2, 0.25) is 0 Å². The van der Waals surface area contributed by atoms with Crippen molar-refractivity contribution in [2.24, 2.45) is 0 Å². The van der Waals surface area contributed by atoms with Crippen molar-refractivity contribution in [3.63, 3.8) is 0 Å². The van der Waals surface area contributed by atoms with Crippen LogP contribution in [0.4, 0.5) is 0 Å². The van der Waals surface area contributed by atoms with E-state index in [1.807, 2.05) is 13.0 Å². The van der Waals surface area contributed by atoms with Crippen molar-refractivity contribution >= 4 is 5.97 Å². The minimum atomic E-state index is -0.685. The first-order valence-corrected chi connectivity index (χ1v) is 6.20. The molecule has 1 N–H and O–H groups in total. The van der Waals surface area contributed by atoms with Gasteiger partial charge >= 0.3 is 5.97 Å². The third-order valence-corrected chi connectivity index (χ3v) is 2.59. The number of carbonyl (C=O) groups is 1. The molecule has 0 aliphatic rings. The van der Waals surface area contributed by atoms with Gasteiger partial charge in [-0.2, -0.15) is 0 Å². The fraction of sp³-hybridized carbons (Fsp3) is 0.500. The van der Waals surface area contributed by atoms with Crippen LogP contribution in [0.2, 0.25) is 0 Å². The number of benzene rings is 1. The molecule has 4 nitrogen and oxygen atoms in total. The van der Waals surface area contributed by atoms with E-state index in [0.29, 0.717) is 24.3 Å². The average molecular weight is 252 g/mol. The monoisotopic (exact) mass is 252 g/mol. The van der Waals surface area contributed by atoms with E-state index in [1.165, 1.54) is 0 Å². The summed E-state index contributed by atoms with van der Waals surface area (Å²) in [6, 6.07) is 7.17. The second-order valence-corrected chi connectivity index (χ2v) is 3.97. The lowest BCUT2D eigenvalue weighted by atomic mass is 10.1. The summed E-state index contributed by atoms with van der Waals surface area (Å²) in [6.07, 6.45) is -0.681. The molecule has 0 saturated carbocycles. The first-order valence-electron chi connectivity index (χ1n) is 6.20. The zero-order valence-corrected chi connectivity index (χ0v) is 11.1. The maximum absolute atomic E-state index is 11.5. The molecule has 2 atom stereocenters. The number of hydrogen-bond donors (Lipinski definition) is 1. The molecule has 0 heterocycles. The van der Waals surface area contributed by atoms with Crippen LogP contribution >= 0.6 is 0 Å². The van der Waals surface area contributed by atoms with E-state index in [2.05, 4.69) is 0 Å². The molecule has 18 heavy (non-hydrogen) atoms. The summed E-state index contributed by atoms with van der Waals surface area (Å²) in [5.74, 6) is 0.116. The second-order valence-electron chi connectivity index (χ2n) is 3.97. The van der Waals surface area contributed by atoms with Gasteiger partial charge in [0.25, 0.3) is 0 Å². The van der Waals surface area contributed by atoms with Gasteiger partial charge in [-0.3, -0.25) is 0 Å². The van der Waals surface area contributed by atoms with Gasteiger partial charge in [-0.05, 0) is 26.3 Å². The largest absolute Gasteiger partial charge is 0.479 e. The molecule has 0 aromatic heterocycles. The molecule has 0 fully saturated rings. The van der Waals surface area contributed by atoms with Crippen LogP contribution in [-0.4, -0.2) is 23.8 Å². The molecule has 0 aliphatic heterocycles. The highest BCUT2D eigenvalue weighted by Crippen LogP contribution is 2.27. The van der Waals surface area contributed by atoms with Crippen LogP contribution in [-0.2, 0) is 9.53 Å². The number of carbonyl (C=O) groups excluding carboxylic acids is 1. The molecule has 0 aliphatic carbocycles. The van der Waals surface area contributed by atoms with Crippen molar-refractivity contribution in [2.75, 3.05) is 6.61 Å². The zero-order valence-electron chi connectivity index (χ0n) is 11.1. The SMILES string of the molecule is CCOC(=O)C(C)Oc1ccccc1[C@@H](O)CC. The van der Waals surface area contributed by atoms with Gasteiger partial charge in [0.05, 0.1) is 12.7 Å². The summed E-state index contributed by atoms with van der Waals surface area (Å²) in [7, 11) is 0. The summed E-state index contributed by atoms with van der Waals surface area (Å²) in [4.78, 5) is 11.5. The van der Waals surface area contributed by atoms with Crippen molar-refractivity contribution in [1.29, 1.82) is 0 Å². The molecule has 100 valence electrons. The van der Waals surface area contributed by atoms with E-state index in [1.54, 1.807) is 32.0 Å². The van der Waals surface area contributed by atoms with Crippen LogP contribution < -0.4 is 4.74 Å². The maximum atomic E-state index is 11.5. The number of para-hydroxylation sites is 1. The molecule has 1 rings (SSSR count). The van der Waals surface area contributed by atoms with Crippen LogP contribution in [0.15, 0.2) is 24.3 Å². The minimum absolute atomic E-state index is 0.325. The fourth-order valence-corrected chi connectivity index (χ4v) is 1.58. The van der Waals surface area contributed by atoms with Crippen LogP contribution in [0.5, 0.6) is 5.75 Å². The summed E-state index contributed by atoms with van der Waals surface area (Å²) in [5.41, 5.74) is 0.691. The van der Waals surface area contributed by atoms with Crippen molar-refractivity contribution in [1.82, 2.24) is 0 Å². The number of esters is 1. The number of rotatable bonds is 6. The molecule has 0 amide bonds. The Morgan fingerprint density at radius 2 is 2.00 bits per heavy atom. The number of aliphatic hydroxyl groups excluding tert-OH is 1. The highest BCUT2D eigenvalue weighted by molar-refractivity contribution is 5.74. The molecule has 1 aromatic rings. The van der Waals surface area contributed by atoms with Crippen LogP contribution in [0.1, 0.15) is 38.9 Å². The first kappa shape index (κ1) is 14.5. The molecule has 4 heteroatoms. The van der Waals surface area contributed by atoms with E-state index in [-0.39, 0.29) is 0 Å². The van der Waals surface area contributed by atoms with Gasteiger partial charge in [-0.25, -0.2) is 4.79 Å². The first-order chi connectivity index (χ1) is 8.60. The molecule has 0 bridgehead atoms. The van der Waals surface area contributed by atoms with Crippen LogP contribution in [0.3, 0.4) is 0 Å². The van der Waals surface area contributed by atoms with Crippen molar-refractivity contribution < 1.29 is 19.4 Å². The van der Waals surface area contributed by atoms with Gasteiger partial charge in [0.1, 0.15) is 5.75 Å². The van der Waals surface area contributed by atoms with Gasteiger partial charge in [-0.15, -0.1) is 0 Å². The van der Waals surface area contributed by atoms with E-state index < -0.39 is 18.2 Å². The standard InChI is InChI=1S/C14H20O4/c1-4-12(15)11-8-6-7-9-13(11)18-10(3)14(16)17-5-2/h6-10,12,15H,4-5H2,1-3H3/t10?,12-/m0/s1. The third-order valence-electron chi connectivity index (χ3n) is 2.59. The molecule has 1 unspecified atom stereocenters. The summed E-state index contributed by atoms with van der Waals surface area (Å²) in [6.45, 7) is 5.59. The Morgan fingerprint density at radius 3 is 2.61 bits per heavy atom. The lowest BCUT2D eigenvalue weighted by Gasteiger charge is -2.18.